The number of piperidine rings is 1. The largest absolute Gasteiger partial charge is 0.338 e. The van der Waals surface area contributed by atoms with Crippen LogP contribution in [0.3, 0.4) is 0 Å². The molecule has 1 fully saturated rings. The first-order valence-corrected chi connectivity index (χ1v) is 6.08. The number of carbonyl (C=O) groups excluding carboxylic acids is 1. The van der Waals surface area contributed by atoms with Gasteiger partial charge in [0.2, 0.25) is 0 Å². The maximum absolute atomic E-state index is 11.5. The van der Waals surface area contributed by atoms with Crippen LogP contribution in [0.1, 0.15) is 47.5 Å². The summed E-state index contributed by atoms with van der Waals surface area (Å²) in [7, 11) is 0. The highest BCUT2D eigenvalue weighted by molar-refractivity contribution is 5.74. The number of amides is 2. The maximum Gasteiger partial charge on any atom is 0.314 e. The molecule has 0 saturated carbocycles. The molecule has 16 heavy (non-hydrogen) atoms. The van der Waals surface area contributed by atoms with Crippen molar-refractivity contribution in [2.75, 3.05) is 6.54 Å². The monoisotopic (exact) mass is 227 g/mol. The van der Waals surface area contributed by atoms with E-state index in [1.54, 1.807) is 0 Å². The molecule has 0 aromatic carbocycles. The summed E-state index contributed by atoms with van der Waals surface area (Å²) in [6.07, 6.45) is 1.93. The lowest BCUT2D eigenvalue weighted by atomic mass is 9.80. The lowest BCUT2D eigenvalue weighted by Gasteiger charge is -2.46. The highest BCUT2D eigenvalue weighted by atomic mass is 16.2. The van der Waals surface area contributed by atoms with Gasteiger partial charge in [-0.25, -0.2) is 4.79 Å². The Labute approximate surface area is 98.6 Å². The zero-order chi connectivity index (χ0) is 12.4. The molecule has 3 N–H and O–H groups in total. The van der Waals surface area contributed by atoms with Gasteiger partial charge in [0.05, 0.1) is 0 Å². The second-order valence-electron chi connectivity index (χ2n) is 6.00. The van der Waals surface area contributed by atoms with Crippen LogP contribution in [0.4, 0.5) is 4.79 Å². The van der Waals surface area contributed by atoms with Crippen LogP contribution in [0.25, 0.3) is 0 Å². The molecule has 0 spiro atoms. The third-order valence-electron chi connectivity index (χ3n) is 2.86. The van der Waals surface area contributed by atoms with Gasteiger partial charge in [0.1, 0.15) is 0 Å². The van der Waals surface area contributed by atoms with Gasteiger partial charge in [-0.2, -0.15) is 0 Å². The minimum atomic E-state index is -0.0546. The average molecular weight is 227 g/mol. The topological polar surface area (TPSA) is 53.2 Å². The number of rotatable bonds is 2. The van der Waals surface area contributed by atoms with Crippen LogP contribution in [-0.2, 0) is 0 Å². The van der Waals surface area contributed by atoms with Crippen LogP contribution in [0, 0.1) is 0 Å². The predicted octanol–water partition coefficient (Wildman–Crippen LogP) is 1.61. The van der Waals surface area contributed by atoms with Crippen LogP contribution in [0.15, 0.2) is 0 Å². The van der Waals surface area contributed by atoms with Crippen LogP contribution in [-0.4, -0.2) is 29.7 Å². The van der Waals surface area contributed by atoms with E-state index < -0.39 is 0 Å². The van der Waals surface area contributed by atoms with Gasteiger partial charge in [-0.05, 0) is 47.5 Å². The smallest absolute Gasteiger partial charge is 0.314 e. The fraction of sp³-hybridized carbons (Fsp3) is 0.917. The Balaban J connectivity index is 2.57. The Morgan fingerprint density at radius 2 is 1.75 bits per heavy atom. The van der Waals surface area contributed by atoms with Crippen molar-refractivity contribution in [2.24, 2.45) is 0 Å². The molecule has 0 radical (unpaired) electrons. The Hall–Kier alpha value is -0.770. The second kappa shape index (κ2) is 4.62. The van der Waals surface area contributed by atoms with E-state index in [0.717, 1.165) is 12.8 Å². The van der Waals surface area contributed by atoms with Crippen LogP contribution in [0.2, 0.25) is 0 Å². The predicted molar refractivity (Wildman–Crippen MR) is 66.5 cm³/mol. The molecule has 94 valence electrons. The number of urea groups is 1. The minimum Gasteiger partial charge on any atom is -0.338 e. The molecule has 1 aliphatic rings. The van der Waals surface area contributed by atoms with E-state index in [-0.39, 0.29) is 23.2 Å². The van der Waals surface area contributed by atoms with Gasteiger partial charge in [0.15, 0.2) is 0 Å². The van der Waals surface area contributed by atoms with Gasteiger partial charge < -0.3 is 16.0 Å². The number of carbonyl (C=O) groups is 1. The summed E-state index contributed by atoms with van der Waals surface area (Å²) in [5.41, 5.74) is 0.151. The quantitative estimate of drug-likeness (QED) is 0.671. The van der Waals surface area contributed by atoms with E-state index >= 15 is 0 Å². The summed E-state index contributed by atoms with van der Waals surface area (Å²) in [6.45, 7) is 11.3. The van der Waals surface area contributed by atoms with Gasteiger partial charge in [-0.15, -0.1) is 0 Å². The van der Waals surface area contributed by atoms with Crippen molar-refractivity contribution in [3.8, 4) is 0 Å². The fourth-order valence-electron chi connectivity index (χ4n) is 2.82. The number of hydrogen-bond acceptors (Lipinski definition) is 2. The molecule has 1 heterocycles. The van der Waals surface area contributed by atoms with E-state index in [9.17, 15) is 4.79 Å². The Kier molecular flexibility index (Phi) is 3.84. The summed E-state index contributed by atoms with van der Waals surface area (Å²) in [5.74, 6) is 0. The molecule has 0 aromatic rings. The molecule has 1 rings (SSSR count). The van der Waals surface area contributed by atoms with Gasteiger partial charge >= 0.3 is 6.03 Å². The minimum absolute atomic E-state index is 0.0546. The molecule has 0 unspecified atom stereocenters. The summed E-state index contributed by atoms with van der Waals surface area (Å²) in [5, 5.41) is 9.41. The Bertz CT molecular complexity index is 245. The number of nitrogens with one attached hydrogen (secondary N) is 3. The first-order chi connectivity index (χ1) is 7.24. The van der Waals surface area contributed by atoms with E-state index in [1.807, 2.05) is 6.92 Å². The molecule has 4 nitrogen and oxygen atoms in total. The summed E-state index contributed by atoms with van der Waals surface area (Å²) >= 11 is 0. The molecule has 4 heteroatoms. The standard InChI is InChI=1S/C12H25N3O/c1-6-13-10(16)14-9-7-11(2,3)15-12(4,5)8-9/h9,15H,6-8H2,1-5H3,(H2,13,14,16). The van der Waals surface area contributed by atoms with Crippen LogP contribution >= 0.6 is 0 Å². The van der Waals surface area contributed by atoms with E-state index in [0.29, 0.717) is 6.54 Å². The SMILES string of the molecule is CCNC(=O)NC1CC(C)(C)NC(C)(C)C1. The average Bonchev–Trinajstić information content (AvgIpc) is 1.96. The maximum atomic E-state index is 11.5. The zero-order valence-electron chi connectivity index (χ0n) is 11.1. The van der Waals surface area contributed by atoms with E-state index in [1.165, 1.54) is 0 Å². The summed E-state index contributed by atoms with van der Waals surface area (Å²) in [4.78, 5) is 11.5. The highest BCUT2D eigenvalue weighted by Crippen LogP contribution is 2.28. The van der Waals surface area contributed by atoms with Crippen LogP contribution in [0.5, 0.6) is 0 Å². The molecule has 0 aliphatic carbocycles. The van der Waals surface area contributed by atoms with E-state index in [4.69, 9.17) is 0 Å². The van der Waals surface area contributed by atoms with Crippen LogP contribution < -0.4 is 16.0 Å². The lowest BCUT2D eigenvalue weighted by molar-refractivity contribution is 0.147. The number of hydrogen-bond donors (Lipinski definition) is 3. The lowest BCUT2D eigenvalue weighted by Crippen LogP contribution is -2.62. The summed E-state index contributed by atoms with van der Waals surface area (Å²) in [6, 6.07) is 0.193. The van der Waals surface area contributed by atoms with Gasteiger partial charge in [-0.1, -0.05) is 0 Å². The normalized spacial score (nSPS) is 23.8. The highest BCUT2D eigenvalue weighted by Gasteiger charge is 2.37. The van der Waals surface area contributed by atoms with Gasteiger partial charge in [-0.3, -0.25) is 0 Å². The molecule has 0 aromatic heterocycles. The zero-order valence-corrected chi connectivity index (χ0v) is 11.1. The van der Waals surface area contributed by atoms with Crippen molar-refractivity contribution in [1.82, 2.24) is 16.0 Å². The van der Waals surface area contributed by atoms with Gasteiger partial charge in [0.25, 0.3) is 0 Å². The molecule has 1 aliphatic heterocycles. The molecular weight excluding hydrogens is 202 g/mol. The molecule has 1 saturated heterocycles. The third kappa shape index (κ3) is 4.00. The van der Waals surface area contributed by atoms with Crippen molar-refractivity contribution in [3.63, 3.8) is 0 Å². The molecule has 2 amide bonds. The van der Waals surface area contributed by atoms with E-state index in [2.05, 4.69) is 43.6 Å². The van der Waals surface area contributed by atoms with Crippen molar-refractivity contribution in [1.29, 1.82) is 0 Å². The van der Waals surface area contributed by atoms with Crippen molar-refractivity contribution >= 4 is 6.03 Å². The second-order valence-corrected chi connectivity index (χ2v) is 6.00. The fourth-order valence-corrected chi connectivity index (χ4v) is 2.82. The molecule has 0 atom stereocenters. The van der Waals surface area contributed by atoms with Crippen molar-refractivity contribution in [3.05, 3.63) is 0 Å². The molecular formula is C12H25N3O. The summed E-state index contributed by atoms with van der Waals surface area (Å²) < 4.78 is 0. The van der Waals surface area contributed by atoms with Gasteiger partial charge in [0, 0.05) is 23.7 Å². The van der Waals surface area contributed by atoms with Crippen molar-refractivity contribution in [2.45, 2.75) is 64.6 Å². The Morgan fingerprint density at radius 3 is 2.19 bits per heavy atom. The third-order valence-corrected chi connectivity index (χ3v) is 2.86. The first kappa shape index (κ1) is 13.3. The van der Waals surface area contributed by atoms with Crippen molar-refractivity contribution < 1.29 is 4.79 Å². The Morgan fingerprint density at radius 1 is 1.25 bits per heavy atom. The molecule has 0 bridgehead atoms. The first-order valence-electron chi connectivity index (χ1n) is 6.08.